The van der Waals surface area contributed by atoms with Crippen LogP contribution < -0.4 is 0 Å². The minimum Gasteiger partial charge on any atom is -0.364 e. The highest BCUT2D eigenvalue weighted by molar-refractivity contribution is 7.91. The standard InChI is InChI=1S/C17H27NO4S/c1-5-18(14(3)13-23(20,21)6-2)17(19)15(4)22-12-16-10-8-7-9-11-16/h7-11,14-15H,5-6,12-13H2,1-4H3/t14-,15+/m1/s1. The number of likely N-dealkylation sites (N-methyl/N-ethyl adjacent to an activating group) is 1. The van der Waals surface area contributed by atoms with E-state index in [0.29, 0.717) is 13.2 Å². The largest absolute Gasteiger partial charge is 0.364 e. The molecule has 1 rings (SSSR count). The average molecular weight is 341 g/mol. The van der Waals surface area contributed by atoms with Crippen molar-refractivity contribution in [3.8, 4) is 0 Å². The van der Waals surface area contributed by atoms with Crippen LogP contribution >= 0.6 is 0 Å². The normalized spacial score (nSPS) is 14.3. The molecular weight excluding hydrogens is 314 g/mol. The summed E-state index contributed by atoms with van der Waals surface area (Å²) in [6.45, 7) is 7.74. The second-order valence-electron chi connectivity index (χ2n) is 5.61. The quantitative estimate of drug-likeness (QED) is 0.691. The Bertz CT molecular complexity index is 586. The van der Waals surface area contributed by atoms with Gasteiger partial charge in [0.25, 0.3) is 5.91 Å². The van der Waals surface area contributed by atoms with Gasteiger partial charge in [-0.25, -0.2) is 8.42 Å². The summed E-state index contributed by atoms with van der Waals surface area (Å²) in [5.74, 6) is -0.111. The van der Waals surface area contributed by atoms with Crippen LogP contribution in [-0.2, 0) is 26.0 Å². The highest BCUT2D eigenvalue weighted by Gasteiger charge is 2.27. The molecule has 0 heterocycles. The van der Waals surface area contributed by atoms with Crippen LogP contribution in [0.4, 0.5) is 0 Å². The van der Waals surface area contributed by atoms with Gasteiger partial charge in [0.15, 0.2) is 9.84 Å². The number of carbonyl (C=O) groups excluding carboxylic acids is 1. The van der Waals surface area contributed by atoms with E-state index in [1.165, 1.54) is 0 Å². The van der Waals surface area contributed by atoms with Crippen LogP contribution in [0.15, 0.2) is 30.3 Å². The van der Waals surface area contributed by atoms with E-state index in [2.05, 4.69) is 0 Å². The van der Waals surface area contributed by atoms with E-state index in [0.717, 1.165) is 5.56 Å². The fraction of sp³-hybridized carbons (Fsp3) is 0.588. The number of ether oxygens (including phenoxy) is 1. The molecule has 0 aliphatic carbocycles. The van der Waals surface area contributed by atoms with Crippen molar-refractivity contribution in [2.24, 2.45) is 0 Å². The van der Waals surface area contributed by atoms with E-state index in [1.807, 2.05) is 37.3 Å². The summed E-state index contributed by atoms with van der Waals surface area (Å²) >= 11 is 0. The Morgan fingerprint density at radius 3 is 2.30 bits per heavy atom. The first-order valence-electron chi connectivity index (χ1n) is 7.97. The van der Waals surface area contributed by atoms with E-state index in [-0.39, 0.29) is 23.5 Å². The number of amides is 1. The number of hydrogen-bond acceptors (Lipinski definition) is 4. The number of sulfone groups is 1. The summed E-state index contributed by atoms with van der Waals surface area (Å²) in [5.41, 5.74) is 0.997. The third-order valence-electron chi connectivity index (χ3n) is 3.78. The second kappa shape index (κ2) is 9.03. The van der Waals surface area contributed by atoms with Crippen LogP contribution in [0.25, 0.3) is 0 Å². The molecule has 0 fully saturated rings. The SMILES string of the molecule is CCN(C(=O)[C@H](C)OCc1ccccc1)[C@H](C)CS(=O)(=O)CC. The maximum absolute atomic E-state index is 12.5. The third-order valence-corrected chi connectivity index (χ3v) is 5.65. The summed E-state index contributed by atoms with van der Waals surface area (Å²) in [7, 11) is -3.12. The first kappa shape index (κ1) is 19.6. The smallest absolute Gasteiger partial charge is 0.251 e. The van der Waals surface area contributed by atoms with E-state index in [4.69, 9.17) is 4.74 Å². The van der Waals surface area contributed by atoms with Crippen molar-refractivity contribution >= 4 is 15.7 Å². The van der Waals surface area contributed by atoms with Crippen LogP contribution in [0.1, 0.15) is 33.3 Å². The molecule has 1 aromatic carbocycles. The minimum absolute atomic E-state index is 0.0194. The predicted molar refractivity (Wildman–Crippen MR) is 91.9 cm³/mol. The molecule has 0 aliphatic heterocycles. The molecule has 6 heteroatoms. The molecule has 2 atom stereocenters. The number of rotatable bonds is 9. The molecule has 0 N–H and O–H groups in total. The lowest BCUT2D eigenvalue weighted by atomic mass is 10.2. The van der Waals surface area contributed by atoms with Gasteiger partial charge in [0, 0.05) is 18.3 Å². The zero-order chi connectivity index (χ0) is 17.5. The molecule has 0 radical (unpaired) electrons. The van der Waals surface area contributed by atoms with Gasteiger partial charge in [-0.3, -0.25) is 4.79 Å². The topological polar surface area (TPSA) is 63.7 Å². The van der Waals surface area contributed by atoms with Gasteiger partial charge in [-0.2, -0.15) is 0 Å². The van der Waals surface area contributed by atoms with Crippen molar-refractivity contribution < 1.29 is 17.9 Å². The van der Waals surface area contributed by atoms with E-state index in [9.17, 15) is 13.2 Å². The molecule has 0 bridgehead atoms. The molecule has 130 valence electrons. The molecule has 1 aromatic rings. The Hall–Kier alpha value is -1.40. The summed E-state index contributed by atoms with van der Waals surface area (Å²) < 4.78 is 29.2. The molecule has 0 aromatic heterocycles. The monoisotopic (exact) mass is 341 g/mol. The molecule has 23 heavy (non-hydrogen) atoms. The highest BCUT2D eigenvalue weighted by Crippen LogP contribution is 2.10. The summed E-state index contributed by atoms with van der Waals surface area (Å²) in [6.07, 6.45) is -0.609. The number of hydrogen-bond donors (Lipinski definition) is 0. The van der Waals surface area contributed by atoms with Crippen LogP contribution in [0.5, 0.6) is 0 Å². The minimum atomic E-state index is -3.12. The zero-order valence-corrected chi connectivity index (χ0v) is 15.2. The first-order valence-corrected chi connectivity index (χ1v) is 9.79. The van der Waals surface area contributed by atoms with Crippen LogP contribution in [0.3, 0.4) is 0 Å². The maximum Gasteiger partial charge on any atom is 0.251 e. The summed E-state index contributed by atoms with van der Waals surface area (Å²) in [6, 6.07) is 9.27. The Morgan fingerprint density at radius 2 is 1.78 bits per heavy atom. The van der Waals surface area contributed by atoms with Gasteiger partial charge in [-0.1, -0.05) is 37.3 Å². The van der Waals surface area contributed by atoms with E-state index in [1.54, 1.807) is 25.7 Å². The van der Waals surface area contributed by atoms with Gasteiger partial charge in [-0.15, -0.1) is 0 Å². The number of benzene rings is 1. The number of nitrogens with zero attached hydrogens (tertiary/aromatic N) is 1. The van der Waals surface area contributed by atoms with Gasteiger partial charge < -0.3 is 9.64 Å². The fourth-order valence-corrected chi connectivity index (χ4v) is 3.51. The fourth-order valence-electron chi connectivity index (χ4n) is 2.36. The molecule has 0 saturated heterocycles. The van der Waals surface area contributed by atoms with Crippen molar-refractivity contribution in [3.05, 3.63) is 35.9 Å². The highest BCUT2D eigenvalue weighted by atomic mass is 32.2. The van der Waals surface area contributed by atoms with Gasteiger partial charge in [-0.05, 0) is 26.3 Å². The summed E-state index contributed by atoms with van der Waals surface area (Å²) in [4.78, 5) is 14.1. The molecule has 0 saturated carbocycles. The van der Waals surface area contributed by atoms with Crippen molar-refractivity contribution in [2.75, 3.05) is 18.1 Å². The molecule has 0 aliphatic rings. The van der Waals surface area contributed by atoms with Crippen molar-refractivity contribution in [2.45, 2.75) is 46.4 Å². The van der Waals surface area contributed by atoms with Gasteiger partial charge >= 0.3 is 0 Å². The lowest BCUT2D eigenvalue weighted by molar-refractivity contribution is -0.144. The summed E-state index contributed by atoms with van der Waals surface area (Å²) in [5, 5.41) is 0. The maximum atomic E-state index is 12.5. The van der Waals surface area contributed by atoms with Crippen LogP contribution in [0, 0.1) is 0 Å². The molecule has 0 spiro atoms. The van der Waals surface area contributed by atoms with Crippen LogP contribution in [-0.4, -0.2) is 49.4 Å². The average Bonchev–Trinajstić information content (AvgIpc) is 2.53. The number of carbonyl (C=O) groups is 1. The van der Waals surface area contributed by atoms with Crippen molar-refractivity contribution in [1.82, 2.24) is 4.90 Å². The Morgan fingerprint density at radius 1 is 1.17 bits per heavy atom. The lowest BCUT2D eigenvalue weighted by Crippen LogP contribution is -2.47. The Balaban J connectivity index is 2.64. The Kier molecular flexibility index (Phi) is 7.72. The second-order valence-corrected chi connectivity index (χ2v) is 8.01. The van der Waals surface area contributed by atoms with E-state index >= 15 is 0 Å². The first-order chi connectivity index (χ1) is 10.8. The molecule has 0 unspecified atom stereocenters. The molecule has 1 amide bonds. The molecule has 5 nitrogen and oxygen atoms in total. The zero-order valence-electron chi connectivity index (χ0n) is 14.4. The Labute approximate surface area is 139 Å². The van der Waals surface area contributed by atoms with Crippen molar-refractivity contribution in [1.29, 1.82) is 0 Å². The predicted octanol–water partition coefficient (Wildman–Crippen LogP) is 2.26. The third kappa shape index (κ3) is 6.31. The van der Waals surface area contributed by atoms with Gasteiger partial charge in [0.1, 0.15) is 6.10 Å². The van der Waals surface area contributed by atoms with E-state index < -0.39 is 15.9 Å². The lowest BCUT2D eigenvalue weighted by Gasteiger charge is -2.30. The van der Waals surface area contributed by atoms with Crippen LogP contribution in [0.2, 0.25) is 0 Å². The molecular formula is C17H27NO4S. The van der Waals surface area contributed by atoms with Gasteiger partial charge in [0.05, 0.1) is 12.4 Å². The van der Waals surface area contributed by atoms with Crippen molar-refractivity contribution in [3.63, 3.8) is 0 Å². The van der Waals surface area contributed by atoms with Gasteiger partial charge in [0.2, 0.25) is 0 Å².